The first-order valence-corrected chi connectivity index (χ1v) is 6.84. The number of nitrogens with zero attached hydrogens (tertiary/aromatic N) is 3. The fourth-order valence-corrected chi connectivity index (χ4v) is 3.77. The molecule has 1 aliphatic rings. The second-order valence-electron chi connectivity index (χ2n) is 6.27. The van der Waals surface area contributed by atoms with E-state index in [0.29, 0.717) is 0 Å². The Hall–Kier alpha value is -2.44. The lowest BCUT2D eigenvalue weighted by Crippen LogP contribution is -2.72. The number of nitro benzene ring substituents is 1. The third kappa shape index (κ3) is 1.62. The van der Waals surface area contributed by atoms with Gasteiger partial charge in [-0.1, -0.05) is 26.0 Å². The molecule has 6 nitrogen and oxygen atoms in total. The smallest absolute Gasteiger partial charge is 0.269 e. The second-order valence-corrected chi connectivity index (χ2v) is 6.27. The van der Waals surface area contributed by atoms with E-state index < -0.39 is 21.4 Å². The van der Waals surface area contributed by atoms with Crippen LogP contribution in [0.2, 0.25) is 0 Å². The Balaban J connectivity index is 2.57. The van der Waals surface area contributed by atoms with Crippen molar-refractivity contribution in [2.75, 3.05) is 7.11 Å². The summed E-state index contributed by atoms with van der Waals surface area (Å²) in [5.41, 5.74) is -2.01. The van der Waals surface area contributed by atoms with E-state index in [0.717, 1.165) is 5.56 Å². The molecule has 1 aromatic rings. The Bertz CT molecular complexity index is 683. The van der Waals surface area contributed by atoms with Crippen LogP contribution < -0.4 is 0 Å². The van der Waals surface area contributed by atoms with Gasteiger partial charge in [-0.15, -0.1) is 0 Å². The van der Waals surface area contributed by atoms with Crippen molar-refractivity contribution in [2.24, 2.45) is 10.8 Å². The highest BCUT2D eigenvalue weighted by atomic mass is 16.6. The molecule has 22 heavy (non-hydrogen) atoms. The van der Waals surface area contributed by atoms with Gasteiger partial charge in [0.15, 0.2) is 5.41 Å². The first-order chi connectivity index (χ1) is 10.2. The second kappa shape index (κ2) is 4.79. The van der Waals surface area contributed by atoms with E-state index in [1.807, 2.05) is 13.8 Å². The summed E-state index contributed by atoms with van der Waals surface area (Å²) in [6.45, 7) is 5.65. The van der Waals surface area contributed by atoms with Crippen LogP contribution >= 0.6 is 0 Å². The Morgan fingerprint density at radius 2 is 1.68 bits per heavy atom. The van der Waals surface area contributed by atoms with Crippen molar-refractivity contribution in [2.45, 2.75) is 32.3 Å². The maximum Gasteiger partial charge on any atom is 0.269 e. The number of hydrogen-bond acceptors (Lipinski definition) is 5. The van der Waals surface area contributed by atoms with Crippen molar-refractivity contribution < 1.29 is 9.66 Å². The fourth-order valence-electron chi connectivity index (χ4n) is 3.77. The average molecular weight is 299 g/mol. The predicted octanol–water partition coefficient (Wildman–Crippen LogP) is 3.16. The van der Waals surface area contributed by atoms with Gasteiger partial charge in [0.05, 0.1) is 17.1 Å². The molecule has 0 spiro atoms. The van der Waals surface area contributed by atoms with Crippen LogP contribution in [0.4, 0.5) is 5.69 Å². The van der Waals surface area contributed by atoms with Crippen LogP contribution in [0.1, 0.15) is 32.3 Å². The zero-order valence-electron chi connectivity index (χ0n) is 13.0. The molecule has 114 valence electrons. The van der Waals surface area contributed by atoms with Crippen LogP contribution in [0.3, 0.4) is 0 Å². The van der Waals surface area contributed by atoms with Crippen molar-refractivity contribution in [1.29, 1.82) is 10.5 Å². The van der Waals surface area contributed by atoms with Crippen LogP contribution in [-0.4, -0.2) is 17.6 Å². The Kier molecular flexibility index (Phi) is 3.47. The molecule has 2 rings (SSSR count). The van der Waals surface area contributed by atoms with Gasteiger partial charge in [-0.3, -0.25) is 10.1 Å². The summed E-state index contributed by atoms with van der Waals surface area (Å²) >= 11 is 0. The molecular weight excluding hydrogens is 282 g/mol. The van der Waals surface area contributed by atoms with Gasteiger partial charge in [0, 0.05) is 30.6 Å². The molecular formula is C16H17N3O3. The first kappa shape index (κ1) is 15.9. The average Bonchev–Trinajstić information content (AvgIpc) is 2.51. The number of nitriles is 2. The Labute approximate surface area is 129 Å². The molecule has 0 bridgehead atoms. The molecule has 0 unspecified atom stereocenters. The lowest BCUT2D eigenvalue weighted by Gasteiger charge is -2.66. The molecule has 0 aromatic heterocycles. The van der Waals surface area contributed by atoms with Crippen LogP contribution in [0, 0.1) is 43.6 Å². The van der Waals surface area contributed by atoms with Crippen molar-refractivity contribution in [1.82, 2.24) is 0 Å². The predicted molar refractivity (Wildman–Crippen MR) is 78.7 cm³/mol. The van der Waals surface area contributed by atoms with Gasteiger partial charge >= 0.3 is 0 Å². The van der Waals surface area contributed by atoms with Gasteiger partial charge in [0.2, 0.25) is 0 Å². The van der Waals surface area contributed by atoms with E-state index in [2.05, 4.69) is 12.1 Å². The topological polar surface area (TPSA) is 99.9 Å². The summed E-state index contributed by atoms with van der Waals surface area (Å²) in [7, 11) is 1.50. The van der Waals surface area contributed by atoms with Gasteiger partial charge in [-0.05, 0) is 12.5 Å². The number of benzene rings is 1. The van der Waals surface area contributed by atoms with E-state index in [9.17, 15) is 20.6 Å². The summed E-state index contributed by atoms with van der Waals surface area (Å²) in [4.78, 5) is 10.3. The molecule has 0 radical (unpaired) electrons. The SMILES string of the molecule is CO[C@]1(C)C(C)(C)[C@@H](c2ccc([N+](=O)[O-])cc2)C1(C#N)C#N. The van der Waals surface area contributed by atoms with Gasteiger partial charge in [-0.25, -0.2) is 0 Å². The summed E-state index contributed by atoms with van der Waals surface area (Å²) in [5.74, 6) is -0.388. The van der Waals surface area contributed by atoms with E-state index in [-0.39, 0.29) is 11.6 Å². The number of hydrogen-bond donors (Lipinski definition) is 0. The molecule has 1 aliphatic carbocycles. The zero-order valence-corrected chi connectivity index (χ0v) is 13.0. The minimum absolute atomic E-state index is 0.0186. The molecule has 0 saturated heterocycles. The third-order valence-corrected chi connectivity index (χ3v) is 5.33. The third-order valence-electron chi connectivity index (χ3n) is 5.33. The molecule has 1 aromatic carbocycles. The summed E-state index contributed by atoms with van der Waals surface area (Å²) in [6, 6.07) is 10.3. The number of nitro groups is 1. The molecule has 0 heterocycles. The van der Waals surface area contributed by atoms with E-state index in [4.69, 9.17) is 4.74 Å². The molecule has 0 amide bonds. The molecule has 0 N–H and O–H groups in total. The number of non-ortho nitro benzene ring substituents is 1. The van der Waals surface area contributed by atoms with E-state index in [1.165, 1.54) is 19.2 Å². The molecule has 1 fully saturated rings. The Morgan fingerprint density at radius 3 is 2.05 bits per heavy atom. The minimum Gasteiger partial charge on any atom is -0.375 e. The van der Waals surface area contributed by atoms with Gasteiger partial charge in [-0.2, -0.15) is 10.5 Å². The standard InChI is InChI=1S/C16H17N3O3/c1-14(2)13(11-5-7-12(8-6-11)19(20)21)16(9-17,10-18)15(14,3)22-4/h5-8,13H,1-4H3/t13-,15-/m1/s1. The maximum absolute atomic E-state index is 10.8. The van der Waals surface area contributed by atoms with Gasteiger partial charge < -0.3 is 4.74 Å². The largest absolute Gasteiger partial charge is 0.375 e. The molecule has 2 atom stereocenters. The highest BCUT2D eigenvalue weighted by Gasteiger charge is 2.76. The summed E-state index contributed by atoms with van der Waals surface area (Å²) in [5, 5.41) is 30.1. The monoisotopic (exact) mass is 299 g/mol. The number of rotatable bonds is 3. The van der Waals surface area contributed by atoms with Crippen molar-refractivity contribution in [3.63, 3.8) is 0 Å². The van der Waals surface area contributed by atoms with Gasteiger partial charge in [0.25, 0.3) is 5.69 Å². The van der Waals surface area contributed by atoms with E-state index >= 15 is 0 Å². The maximum atomic E-state index is 10.8. The van der Waals surface area contributed by atoms with E-state index in [1.54, 1.807) is 19.1 Å². The minimum atomic E-state index is -1.33. The zero-order chi connectivity index (χ0) is 16.8. The van der Waals surface area contributed by atoms with Gasteiger partial charge in [0.1, 0.15) is 5.60 Å². The van der Waals surface area contributed by atoms with Crippen LogP contribution in [-0.2, 0) is 4.74 Å². The van der Waals surface area contributed by atoms with Crippen molar-refractivity contribution in [3.05, 3.63) is 39.9 Å². The van der Waals surface area contributed by atoms with Crippen LogP contribution in [0.15, 0.2) is 24.3 Å². The normalized spacial score (nSPS) is 28.0. The lowest BCUT2D eigenvalue weighted by molar-refractivity contribution is -0.384. The highest BCUT2D eigenvalue weighted by molar-refractivity contribution is 5.48. The number of ether oxygens (including phenoxy) is 1. The van der Waals surface area contributed by atoms with Crippen molar-refractivity contribution in [3.8, 4) is 12.1 Å². The quantitative estimate of drug-likeness (QED) is 0.630. The Morgan fingerprint density at radius 1 is 1.18 bits per heavy atom. The molecule has 1 saturated carbocycles. The highest BCUT2D eigenvalue weighted by Crippen LogP contribution is 2.71. The molecule has 0 aliphatic heterocycles. The first-order valence-electron chi connectivity index (χ1n) is 6.84. The number of methoxy groups -OCH3 is 1. The van der Waals surface area contributed by atoms with Crippen LogP contribution in [0.5, 0.6) is 0 Å². The fraction of sp³-hybridized carbons (Fsp3) is 0.500. The van der Waals surface area contributed by atoms with Crippen LogP contribution in [0.25, 0.3) is 0 Å². The summed E-state index contributed by atoms with van der Waals surface area (Å²) in [6.07, 6.45) is 0. The lowest BCUT2D eigenvalue weighted by atomic mass is 9.37. The van der Waals surface area contributed by atoms with Crippen molar-refractivity contribution >= 4 is 5.69 Å². The molecule has 6 heteroatoms. The summed E-state index contributed by atoms with van der Waals surface area (Å²) < 4.78 is 5.55.